The molecule has 0 radical (unpaired) electrons. The molecule has 0 bridgehead atoms. The Kier molecular flexibility index (Phi) is 3.76. The molecule has 0 saturated heterocycles. The third-order valence-corrected chi connectivity index (χ3v) is 3.17. The number of hydrogen-bond donors (Lipinski definition) is 1. The maximum absolute atomic E-state index is 11.8. The molecule has 94 valence electrons. The molecule has 1 N–H and O–H groups in total. The van der Waals surface area contributed by atoms with Crippen LogP contribution in [0.4, 0.5) is 0 Å². The van der Waals surface area contributed by atoms with E-state index in [2.05, 4.69) is 25.9 Å². The van der Waals surface area contributed by atoms with Crippen LogP contribution in [0.25, 0.3) is 11.0 Å². The first kappa shape index (κ1) is 12.8. The Bertz CT molecular complexity index is 639. The minimum atomic E-state index is -0.856. The number of carbonyl (C=O) groups excluding carboxylic acids is 1. The molecule has 0 fully saturated rings. The number of aromatic amines is 1. The molecule has 1 aromatic heterocycles. The number of H-pyrrole nitrogens is 1. The Morgan fingerprint density at radius 2 is 2.22 bits per heavy atom. The van der Waals surface area contributed by atoms with Crippen LogP contribution in [0, 0.1) is 0 Å². The zero-order chi connectivity index (χ0) is 13.1. The molecule has 0 aliphatic heterocycles. The number of fused-ring (bicyclic) bond motifs is 1. The predicted octanol–water partition coefficient (Wildman–Crippen LogP) is 1.92. The van der Waals surface area contributed by atoms with Crippen molar-refractivity contribution < 1.29 is 9.53 Å². The fourth-order valence-electron chi connectivity index (χ4n) is 1.54. The van der Waals surface area contributed by atoms with E-state index >= 15 is 0 Å². The minimum absolute atomic E-state index is 0.104. The molecule has 1 heterocycles. The monoisotopic (exact) mass is 310 g/mol. The lowest BCUT2D eigenvalue weighted by atomic mass is 10.2. The molecule has 1 unspecified atom stereocenters. The van der Waals surface area contributed by atoms with Crippen molar-refractivity contribution in [3.63, 3.8) is 0 Å². The molecule has 1 atom stereocenters. The van der Waals surface area contributed by atoms with E-state index in [0.717, 1.165) is 0 Å². The summed E-state index contributed by atoms with van der Waals surface area (Å²) >= 11 is 3.13. The number of alkyl halides is 1. The quantitative estimate of drug-likeness (QED) is 0.694. The van der Waals surface area contributed by atoms with Crippen molar-refractivity contribution in [2.45, 2.75) is 11.8 Å². The first-order valence-corrected chi connectivity index (χ1v) is 6.34. The SMILES string of the molecule is CCOC(=O)C(Br)c1nc2ccccc2[nH]c1=O. The second kappa shape index (κ2) is 5.30. The van der Waals surface area contributed by atoms with E-state index in [1.54, 1.807) is 25.1 Å². The first-order valence-electron chi connectivity index (χ1n) is 5.43. The van der Waals surface area contributed by atoms with Gasteiger partial charge >= 0.3 is 5.97 Å². The van der Waals surface area contributed by atoms with Crippen molar-refractivity contribution in [1.82, 2.24) is 9.97 Å². The van der Waals surface area contributed by atoms with Gasteiger partial charge < -0.3 is 9.72 Å². The van der Waals surface area contributed by atoms with Crippen molar-refractivity contribution in [2.24, 2.45) is 0 Å². The van der Waals surface area contributed by atoms with E-state index in [1.165, 1.54) is 0 Å². The van der Waals surface area contributed by atoms with E-state index in [9.17, 15) is 9.59 Å². The second-order valence-electron chi connectivity index (χ2n) is 3.58. The summed E-state index contributed by atoms with van der Waals surface area (Å²) in [5.41, 5.74) is 0.964. The normalized spacial score (nSPS) is 12.3. The summed E-state index contributed by atoms with van der Waals surface area (Å²) < 4.78 is 4.85. The third kappa shape index (κ3) is 2.43. The Morgan fingerprint density at radius 1 is 1.50 bits per heavy atom. The highest BCUT2D eigenvalue weighted by Crippen LogP contribution is 2.20. The van der Waals surface area contributed by atoms with E-state index in [0.29, 0.717) is 11.0 Å². The van der Waals surface area contributed by atoms with Crippen LogP contribution in [0.5, 0.6) is 0 Å². The van der Waals surface area contributed by atoms with E-state index in [-0.39, 0.29) is 12.3 Å². The lowest BCUT2D eigenvalue weighted by Crippen LogP contribution is -2.22. The Balaban J connectivity index is 2.47. The van der Waals surface area contributed by atoms with Gasteiger partial charge in [-0.3, -0.25) is 9.59 Å². The van der Waals surface area contributed by atoms with Crippen LogP contribution in [0.15, 0.2) is 29.1 Å². The molecular formula is C12H11BrN2O3. The molecule has 0 amide bonds. The maximum atomic E-state index is 11.8. The minimum Gasteiger partial charge on any atom is -0.465 e. The number of hydrogen-bond acceptors (Lipinski definition) is 4. The van der Waals surface area contributed by atoms with Crippen molar-refractivity contribution in [2.75, 3.05) is 6.61 Å². The van der Waals surface area contributed by atoms with Crippen LogP contribution in [0.1, 0.15) is 17.4 Å². The van der Waals surface area contributed by atoms with E-state index < -0.39 is 16.4 Å². The van der Waals surface area contributed by atoms with Gasteiger partial charge in [0.1, 0.15) is 5.69 Å². The molecule has 0 saturated carbocycles. The number of nitrogens with one attached hydrogen (secondary N) is 1. The van der Waals surface area contributed by atoms with Gasteiger partial charge in [-0.2, -0.15) is 0 Å². The molecule has 0 aliphatic carbocycles. The van der Waals surface area contributed by atoms with Gasteiger partial charge in [0, 0.05) is 0 Å². The molecule has 1 aromatic carbocycles. The molecular weight excluding hydrogens is 300 g/mol. The topological polar surface area (TPSA) is 72.0 Å². The summed E-state index contributed by atoms with van der Waals surface area (Å²) in [6, 6.07) is 7.13. The molecule has 2 rings (SSSR count). The molecule has 2 aromatic rings. The van der Waals surface area contributed by atoms with Crippen molar-refractivity contribution >= 4 is 32.9 Å². The van der Waals surface area contributed by atoms with Crippen molar-refractivity contribution in [1.29, 1.82) is 0 Å². The van der Waals surface area contributed by atoms with Crippen LogP contribution in [-0.4, -0.2) is 22.5 Å². The molecule has 6 heteroatoms. The number of para-hydroxylation sites is 2. The number of ether oxygens (including phenoxy) is 1. The first-order chi connectivity index (χ1) is 8.63. The third-order valence-electron chi connectivity index (χ3n) is 2.36. The summed E-state index contributed by atoms with van der Waals surface area (Å²) in [5, 5.41) is 0. The standard InChI is InChI=1S/C12H11BrN2O3/c1-2-18-12(17)9(13)10-11(16)15-8-6-4-3-5-7(8)14-10/h3-6,9H,2H2,1H3,(H,15,16). The lowest BCUT2D eigenvalue weighted by Gasteiger charge is -2.08. The highest BCUT2D eigenvalue weighted by molar-refractivity contribution is 9.09. The summed E-state index contributed by atoms with van der Waals surface area (Å²) in [6.45, 7) is 1.96. The number of halogens is 1. The number of carbonyl (C=O) groups is 1. The van der Waals surface area contributed by atoms with E-state index in [4.69, 9.17) is 4.74 Å². The summed E-state index contributed by atoms with van der Waals surface area (Å²) in [5.74, 6) is -0.522. The van der Waals surface area contributed by atoms with Gasteiger partial charge in [-0.15, -0.1) is 0 Å². The highest BCUT2D eigenvalue weighted by atomic mass is 79.9. The average Bonchev–Trinajstić information content (AvgIpc) is 2.37. The molecule has 0 spiro atoms. The van der Waals surface area contributed by atoms with E-state index in [1.807, 2.05) is 6.07 Å². The molecule has 0 aliphatic rings. The van der Waals surface area contributed by atoms with Gasteiger partial charge in [0.25, 0.3) is 5.56 Å². The number of rotatable bonds is 3. The lowest BCUT2D eigenvalue weighted by molar-refractivity contribution is -0.142. The van der Waals surface area contributed by atoms with Gasteiger partial charge in [0.05, 0.1) is 17.6 Å². The van der Waals surface area contributed by atoms with Gasteiger partial charge in [-0.1, -0.05) is 28.1 Å². The molecule has 5 nitrogen and oxygen atoms in total. The highest BCUT2D eigenvalue weighted by Gasteiger charge is 2.23. The summed E-state index contributed by atoms with van der Waals surface area (Å²) in [7, 11) is 0. The van der Waals surface area contributed by atoms with Crippen LogP contribution in [0.3, 0.4) is 0 Å². The Morgan fingerprint density at radius 3 is 2.94 bits per heavy atom. The van der Waals surface area contributed by atoms with Crippen molar-refractivity contribution in [3.8, 4) is 0 Å². The van der Waals surface area contributed by atoms with Gasteiger partial charge in [-0.25, -0.2) is 4.98 Å². The van der Waals surface area contributed by atoms with Crippen LogP contribution < -0.4 is 5.56 Å². The summed E-state index contributed by atoms with van der Waals surface area (Å²) in [4.78, 5) is 29.4. The van der Waals surface area contributed by atoms with Gasteiger partial charge in [0.15, 0.2) is 4.83 Å². The van der Waals surface area contributed by atoms with Gasteiger partial charge in [-0.05, 0) is 19.1 Å². The largest absolute Gasteiger partial charge is 0.465 e. The smallest absolute Gasteiger partial charge is 0.326 e. The zero-order valence-electron chi connectivity index (χ0n) is 9.64. The number of aromatic nitrogens is 2. The van der Waals surface area contributed by atoms with Crippen molar-refractivity contribution in [3.05, 3.63) is 40.3 Å². The second-order valence-corrected chi connectivity index (χ2v) is 4.50. The number of nitrogens with zero attached hydrogens (tertiary/aromatic N) is 1. The maximum Gasteiger partial charge on any atom is 0.326 e. The summed E-state index contributed by atoms with van der Waals surface area (Å²) in [6.07, 6.45) is 0. The number of esters is 1. The average molecular weight is 311 g/mol. The van der Waals surface area contributed by atoms with Gasteiger partial charge in [0.2, 0.25) is 0 Å². The fourth-order valence-corrected chi connectivity index (χ4v) is 1.99. The predicted molar refractivity (Wildman–Crippen MR) is 70.7 cm³/mol. The van der Waals surface area contributed by atoms with Crippen LogP contribution in [-0.2, 0) is 9.53 Å². The number of benzene rings is 1. The zero-order valence-corrected chi connectivity index (χ0v) is 11.2. The van der Waals surface area contributed by atoms with Crippen LogP contribution in [0.2, 0.25) is 0 Å². The fraction of sp³-hybridized carbons (Fsp3) is 0.250. The Hall–Kier alpha value is -1.69. The molecule has 18 heavy (non-hydrogen) atoms. The Labute approximate surface area is 111 Å². The van der Waals surface area contributed by atoms with Crippen LogP contribution >= 0.6 is 15.9 Å².